The highest BCUT2D eigenvalue weighted by molar-refractivity contribution is 5.39. The van der Waals surface area contributed by atoms with Crippen LogP contribution in [0.3, 0.4) is 0 Å². The zero-order valence-electron chi connectivity index (χ0n) is 8.61. The number of nitrogens with one attached hydrogen (secondary N) is 1. The number of anilines is 1. The first-order chi connectivity index (χ1) is 6.84. The molecule has 1 heterocycles. The monoisotopic (exact) mass is 191 g/mol. The molecule has 14 heavy (non-hydrogen) atoms. The summed E-state index contributed by atoms with van der Waals surface area (Å²) in [6.07, 6.45) is 8.77. The Balaban J connectivity index is 1.87. The Kier molecular flexibility index (Phi) is 2.96. The van der Waals surface area contributed by atoms with Gasteiger partial charge in [-0.05, 0) is 37.7 Å². The van der Waals surface area contributed by atoms with Crippen LogP contribution in [-0.4, -0.2) is 16.2 Å². The topological polar surface area (TPSA) is 37.8 Å². The number of hydrogen-bond acceptors (Lipinski definition) is 3. The van der Waals surface area contributed by atoms with E-state index in [4.69, 9.17) is 0 Å². The van der Waals surface area contributed by atoms with Gasteiger partial charge in [0, 0.05) is 6.04 Å². The summed E-state index contributed by atoms with van der Waals surface area (Å²) in [5.41, 5.74) is 1.10. The van der Waals surface area contributed by atoms with E-state index in [1.54, 1.807) is 12.4 Å². The lowest BCUT2D eigenvalue weighted by atomic mass is 9.87. The third-order valence-electron chi connectivity index (χ3n) is 2.97. The fraction of sp³-hybridized carbons (Fsp3) is 0.636. The minimum absolute atomic E-state index is 0.635. The van der Waals surface area contributed by atoms with E-state index in [2.05, 4.69) is 22.4 Å². The second kappa shape index (κ2) is 4.40. The van der Waals surface area contributed by atoms with Crippen LogP contribution in [-0.2, 0) is 0 Å². The zero-order chi connectivity index (χ0) is 9.80. The van der Waals surface area contributed by atoms with Gasteiger partial charge in [-0.2, -0.15) is 10.2 Å². The Morgan fingerprint density at radius 3 is 2.64 bits per heavy atom. The number of nitrogens with zero attached hydrogens (tertiary/aromatic N) is 2. The van der Waals surface area contributed by atoms with Crippen molar-refractivity contribution in [2.24, 2.45) is 5.92 Å². The van der Waals surface area contributed by atoms with E-state index < -0.39 is 0 Å². The first kappa shape index (κ1) is 9.44. The molecule has 76 valence electrons. The summed E-state index contributed by atoms with van der Waals surface area (Å²) >= 11 is 0. The van der Waals surface area contributed by atoms with E-state index in [0.29, 0.717) is 6.04 Å². The van der Waals surface area contributed by atoms with Gasteiger partial charge in [-0.25, -0.2) is 0 Å². The lowest BCUT2D eigenvalue weighted by Crippen LogP contribution is -2.25. The molecule has 2 rings (SSSR count). The van der Waals surface area contributed by atoms with Gasteiger partial charge in [0.25, 0.3) is 0 Å². The van der Waals surface area contributed by atoms with Crippen molar-refractivity contribution < 1.29 is 0 Å². The molecule has 0 radical (unpaired) electrons. The molecule has 1 aliphatic carbocycles. The Morgan fingerprint density at radius 1 is 1.21 bits per heavy atom. The van der Waals surface area contributed by atoms with Gasteiger partial charge in [0.1, 0.15) is 0 Å². The molecule has 3 heteroatoms. The highest BCUT2D eigenvalue weighted by Crippen LogP contribution is 2.25. The zero-order valence-corrected chi connectivity index (χ0v) is 8.61. The maximum atomic E-state index is 3.85. The van der Waals surface area contributed by atoms with Crippen molar-refractivity contribution in [1.29, 1.82) is 0 Å². The van der Waals surface area contributed by atoms with Crippen LogP contribution < -0.4 is 5.32 Å². The van der Waals surface area contributed by atoms with Crippen molar-refractivity contribution in [1.82, 2.24) is 10.2 Å². The number of aromatic nitrogens is 2. The minimum Gasteiger partial charge on any atom is -0.381 e. The molecule has 1 saturated carbocycles. The largest absolute Gasteiger partial charge is 0.381 e. The molecule has 1 fully saturated rings. The third kappa shape index (κ3) is 2.44. The van der Waals surface area contributed by atoms with E-state index in [9.17, 15) is 0 Å². The summed E-state index contributed by atoms with van der Waals surface area (Å²) in [4.78, 5) is 0. The summed E-state index contributed by atoms with van der Waals surface area (Å²) in [5, 5.41) is 11.1. The quantitative estimate of drug-likeness (QED) is 0.780. The molecule has 0 atom stereocenters. The SMILES string of the molecule is C[C@H]1CC[C@H](Nc2ccnnc2)CC1. The van der Waals surface area contributed by atoms with Gasteiger partial charge in [0.15, 0.2) is 0 Å². The molecule has 1 aliphatic rings. The van der Waals surface area contributed by atoms with Crippen LogP contribution in [0.1, 0.15) is 32.6 Å². The molecule has 1 N–H and O–H groups in total. The van der Waals surface area contributed by atoms with E-state index in [1.165, 1.54) is 25.7 Å². The average Bonchev–Trinajstić information content (AvgIpc) is 2.23. The Labute approximate surface area is 84.9 Å². The maximum Gasteiger partial charge on any atom is 0.0727 e. The Bertz CT molecular complexity index is 265. The molecule has 0 aromatic carbocycles. The van der Waals surface area contributed by atoms with Gasteiger partial charge in [-0.3, -0.25) is 0 Å². The van der Waals surface area contributed by atoms with Crippen LogP contribution >= 0.6 is 0 Å². The predicted molar refractivity (Wildman–Crippen MR) is 57.1 cm³/mol. The second-order valence-electron chi connectivity index (χ2n) is 4.23. The molecule has 1 aromatic rings. The molecule has 0 aliphatic heterocycles. The molecular formula is C11H17N3. The van der Waals surface area contributed by atoms with Crippen molar-refractivity contribution in [3.8, 4) is 0 Å². The first-order valence-corrected chi connectivity index (χ1v) is 5.38. The molecule has 0 saturated heterocycles. The summed E-state index contributed by atoms with van der Waals surface area (Å²) in [5.74, 6) is 0.906. The van der Waals surface area contributed by atoms with Crippen molar-refractivity contribution in [2.45, 2.75) is 38.6 Å². The van der Waals surface area contributed by atoms with Crippen LogP contribution in [0.5, 0.6) is 0 Å². The molecule has 0 unspecified atom stereocenters. The fourth-order valence-electron chi connectivity index (χ4n) is 2.02. The van der Waals surface area contributed by atoms with E-state index >= 15 is 0 Å². The molecule has 1 aromatic heterocycles. The average molecular weight is 191 g/mol. The standard InChI is InChI=1S/C11H17N3/c1-9-2-4-10(5-3-9)14-11-6-7-12-13-8-11/h6-10H,2-5H2,1H3,(H,12,14)/t9-,10-. The van der Waals surface area contributed by atoms with E-state index in [-0.39, 0.29) is 0 Å². The van der Waals surface area contributed by atoms with Crippen molar-refractivity contribution in [3.63, 3.8) is 0 Å². The van der Waals surface area contributed by atoms with Crippen LogP contribution in [0.2, 0.25) is 0 Å². The predicted octanol–water partition coefficient (Wildman–Crippen LogP) is 2.47. The van der Waals surface area contributed by atoms with Crippen LogP contribution in [0, 0.1) is 5.92 Å². The van der Waals surface area contributed by atoms with Gasteiger partial charge in [-0.1, -0.05) is 6.92 Å². The highest BCUT2D eigenvalue weighted by Gasteiger charge is 2.17. The van der Waals surface area contributed by atoms with Gasteiger partial charge >= 0.3 is 0 Å². The van der Waals surface area contributed by atoms with Crippen LogP contribution in [0.4, 0.5) is 5.69 Å². The summed E-state index contributed by atoms with van der Waals surface area (Å²) < 4.78 is 0. The van der Waals surface area contributed by atoms with Gasteiger partial charge in [0.05, 0.1) is 18.1 Å². The highest BCUT2D eigenvalue weighted by atomic mass is 15.1. The maximum absolute atomic E-state index is 3.85. The third-order valence-corrected chi connectivity index (χ3v) is 2.97. The normalized spacial score (nSPS) is 27.2. The lowest BCUT2D eigenvalue weighted by molar-refractivity contribution is 0.361. The van der Waals surface area contributed by atoms with Crippen LogP contribution in [0.15, 0.2) is 18.5 Å². The summed E-state index contributed by atoms with van der Waals surface area (Å²) in [6, 6.07) is 2.61. The van der Waals surface area contributed by atoms with Crippen molar-refractivity contribution in [3.05, 3.63) is 18.5 Å². The minimum atomic E-state index is 0.635. The fourth-order valence-corrected chi connectivity index (χ4v) is 2.02. The van der Waals surface area contributed by atoms with Gasteiger partial charge < -0.3 is 5.32 Å². The molecular weight excluding hydrogens is 174 g/mol. The molecule has 0 amide bonds. The van der Waals surface area contributed by atoms with Crippen LogP contribution in [0.25, 0.3) is 0 Å². The first-order valence-electron chi connectivity index (χ1n) is 5.38. The molecule has 3 nitrogen and oxygen atoms in total. The summed E-state index contributed by atoms with van der Waals surface area (Å²) in [7, 11) is 0. The number of rotatable bonds is 2. The van der Waals surface area contributed by atoms with Gasteiger partial charge in [-0.15, -0.1) is 0 Å². The second-order valence-corrected chi connectivity index (χ2v) is 4.23. The van der Waals surface area contributed by atoms with E-state index in [1.807, 2.05) is 6.07 Å². The lowest BCUT2D eigenvalue weighted by Gasteiger charge is -2.27. The Hall–Kier alpha value is -1.12. The van der Waals surface area contributed by atoms with E-state index in [0.717, 1.165) is 11.6 Å². The molecule has 0 spiro atoms. The van der Waals surface area contributed by atoms with Crippen molar-refractivity contribution in [2.75, 3.05) is 5.32 Å². The Morgan fingerprint density at radius 2 is 2.00 bits per heavy atom. The smallest absolute Gasteiger partial charge is 0.0727 e. The molecule has 0 bridgehead atoms. The van der Waals surface area contributed by atoms with Gasteiger partial charge in [0.2, 0.25) is 0 Å². The number of hydrogen-bond donors (Lipinski definition) is 1. The summed E-state index contributed by atoms with van der Waals surface area (Å²) in [6.45, 7) is 2.34. The van der Waals surface area contributed by atoms with Crippen molar-refractivity contribution >= 4 is 5.69 Å².